The fourth-order valence-corrected chi connectivity index (χ4v) is 2.90. The van der Waals surface area contributed by atoms with Gasteiger partial charge >= 0.3 is 12.1 Å². The van der Waals surface area contributed by atoms with Gasteiger partial charge in [0.25, 0.3) is 5.91 Å². The van der Waals surface area contributed by atoms with Crippen molar-refractivity contribution in [3.05, 3.63) is 64.1 Å². The summed E-state index contributed by atoms with van der Waals surface area (Å²) in [5, 5.41) is 11.6. The number of aryl methyl sites for hydroxylation is 1. The highest BCUT2D eigenvalue weighted by Gasteiger charge is 2.32. The van der Waals surface area contributed by atoms with Crippen LogP contribution in [-0.2, 0) is 12.6 Å². The average Bonchev–Trinajstić information content (AvgIpc) is 3.00. The number of hydrogen-bond acceptors (Lipinski definition) is 3. The molecule has 2 N–H and O–H groups in total. The molecule has 0 aliphatic heterocycles. The van der Waals surface area contributed by atoms with E-state index in [0.717, 1.165) is 16.7 Å². The Morgan fingerprint density at radius 3 is 2.57 bits per heavy atom. The van der Waals surface area contributed by atoms with Gasteiger partial charge in [-0.15, -0.1) is 0 Å². The van der Waals surface area contributed by atoms with Crippen molar-refractivity contribution in [3.8, 4) is 0 Å². The molecule has 146 valence electrons. The van der Waals surface area contributed by atoms with E-state index in [1.165, 1.54) is 24.3 Å². The van der Waals surface area contributed by atoms with E-state index in [0.29, 0.717) is 12.1 Å². The molecule has 10 heteroatoms. The number of carbonyl (C=O) groups is 2. The zero-order valence-corrected chi connectivity index (χ0v) is 15.1. The number of carboxylic acid groups (broad SMARTS) is 1. The summed E-state index contributed by atoms with van der Waals surface area (Å²) in [6.07, 6.45) is -3.46. The quantitative estimate of drug-likeness (QED) is 0.661. The standard InChI is InChI=1S/C18H13ClF3N3O3/c1-2-13-15(25-8-9(18(20,21)22)3-6-14(25)24-13)16(26)23-10-4-5-12(19)11(7-10)17(27)28/h3-8H,2H2,1H3,(H,23,26)(H,27,28). The van der Waals surface area contributed by atoms with E-state index in [-0.39, 0.29) is 27.6 Å². The van der Waals surface area contributed by atoms with Crippen LogP contribution in [0.5, 0.6) is 0 Å². The van der Waals surface area contributed by atoms with Crippen molar-refractivity contribution >= 4 is 34.8 Å². The maximum Gasteiger partial charge on any atom is 0.417 e. The van der Waals surface area contributed by atoms with Gasteiger partial charge < -0.3 is 10.4 Å². The van der Waals surface area contributed by atoms with Gasteiger partial charge in [0.05, 0.1) is 21.8 Å². The second kappa shape index (κ2) is 7.16. The molecule has 1 amide bonds. The smallest absolute Gasteiger partial charge is 0.417 e. The molecule has 0 bridgehead atoms. The number of fused-ring (bicyclic) bond motifs is 1. The monoisotopic (exact) mass is 411 g/mol. The largest absolute Gasteiger partial charge is 0.478 e. The lowest BCUT2D eigenvalue weighted by molar-refractivity contribution is -0.137. The number of halogens is 4. The van der Waals surface area contributed by atoms with E-state index < -0.39 is 23.6 Å². The Morgan fingerprint density at radius 2 is 1.96 bits per heavy atom. The van der Waals surface area contributed by atoms with Gasteiger partial charge in [-0.25, -0.2) is 9.78 Å². The van der Waals surface area contributed by atoms with Gasteiger partial charge in [-0.3, -0.25) is 9.20 Å². The van der Waals surface area contributed by atoms with Gasteiger partial charge in [-0.1, -0.05) is 18.5 Å². The van der Waals surface area contributed by atoms with Gasteiger partial charge in [-0.05, 0) is 36.8 Å². The van der Waals surface area contributed by atoms with Gasteiger partial charge in [0.2, 0.25) is 0 Å². The SMILES string of the molecule is CCc1nc2ccc(C(F)(F)F)cn2c1C(=O)Nc1ccc(Cl)c(C(=O)O)c1. The zero-order valence-electron chi connectivity index (χ0n) is 14.3. The van der Waals surface area contributed by atoms with Crippen LogP contribution in [0.1, 0.15) is 39.0 Å². The van der Waals surface area contributed by atoms with Crippen LogP contribution in [0.3, 0.4) is 0 Å². The molecule has 3 aromatic rings. The zero-order chi connectivity index (χ0) is 20.6. The summed E-state index contributed by atoms with van der Waals surface area (Å²) in [5.74, 6) is -2.00. The Balaban J connectivity index is 2.05. The minimum Gasteiger partial charge on any atom is -0.478 e. The number of anilines is 1. The molecule has 6 nitrogen and oxygen atoms in total. The molecular weight excluding hydrogens is 399 g/mol. The fraction of sp³-hybridized carbons (Fsp3) is 0.167. The number of imidazole rings is 1. The predicted molar refractivity (Wildman–Crippen MR) is 95.9 cm³/mol. The number of nitrogens with one attached hydrogen (secondary N) is 1. The number of nitrogens with zero attached hydrogens (tertiary/aromatic N) is 2. The molecule has 2 heterocycles. The molecule has 0 atom stereocenters. The molecule has 0 aliphatic rings. The average molecular weight is 412 g/mol. The Hall–Kier alpha value is -3.07. The Morgan fingerprint density at radius 1 is 1.25 bits per heavy atom. The van der Waals surface area contributed by atoms with Crippen molar-refractivity contribution in [2.45, 2.75) is 19.5 Å². The van der Waals surface area contributed by atoms with Crippen molar-refractivity contribution in [2.75, 3.05) is 5.32 Å². The van der Waals surface area contributed by atoms with Crippen molar-refractivity contribution in [1.29, 1.82) is 0 Å². The number of carbonyl (C=O) groups excluding carboxylic acids is 1. The van der Waals surface area contributed by atoms with Crippen LogP contribution in [0, 0.1) is 0 Å². The minimum atomic E-state index is -4.58. The Labute approximate surface area is 161 Å². The van der Waals surface area contributed by atoms with Crippen molar-refractivity contribution in [2.24, 2.45) is 0 Å². The fourth-order valence-electron chi connectivity index (χ4n) is 2.71. The lowest BCUT2D eigenvalue weighted by Gasteiger charge is -2.10. The van der Waals surface area contributed by atoms with Crippen molar-refractivity contribution < 1.29 is 27.9 Å². The molecular formula is C18H13ClF3N3O3. The van der Waals surface area contributed by atoms with Crippen LogP contribution in [-0.4, -0.2) is 26.4 Å². The molecule has 0 spiro atoms. The third kappa shape index (κ3) is 3.65. The molecule has 0 unspecified atom stereocenters. The molecule has 0 aliphatic carbocycles. The summed E-state index contributed by atoms with van der Waals surface area (Å²) in [4.78, 5) is 28.1. The highest BCUT2D eigenvalue weighted by Crippen LogP contribution is 2.30. The first-order valence-corrected chi connectivity index (χ1v) is 8.42. The number of rotatable bonds is 4. The number of amides is 1. The third-order valence-corrected chi connectivity index (χ3v) is 4.35. The Kier molecular flexibility index (Phi) is 5.03. The molecule has 0 saturated heterocycles. The minimum absolute atomic E-state index is 0.00984. The van der Waals surface area contributed by atoms with E-state index in [4.69, 9.17) is 16.7 Å². The van der Waals surface area contributed by atoms with Crippen LogP contribution in [0.2, 0.25) is 5.02 Å². The summed E-state index contributed by atoms with van der Waals surface area (Å²) < 4.78 is 40.2. The molecule has 28 heavy (non-hydrogen) atoms. The molecule has 3 rings (SSSR count). The van der Waals surface area contributed by atoms with Gasteiger partial charge in [0.1, 0.15) is 11.3 Å². The van der Waals surface area contributed by atoms with Gasteiger partial charge in [0, 0.05) is 11.9 Å². The van der Waals surface area contributed by atoms with Gasteiger partial charge in [-0.2, -0.15) is 13.2 Å². The molecule has 0 saturated carbocycles. The maximum absolute atomic E-state index is 13.0. The second-order valence-electron chi connectivity index (χ2n) is 5.86. The summed E-state index contributed by atoms with van der Waals surface area (Å²) in [7, 11) is 0. The third-order valence-electron chi connectivity index (χ3n) is 4.02. The normalized spacial score (nSPS) is 11.6. The number of pyridine rings is 1. The number of carboxylic acids is 1. The maximum atomic E-state index is 13.0. The van der Waals surface area contributed by atoms with E-state index in [1.54, 1.807) is 6.92 Å². The molecule has 0 radical (unpaired) electrons. The first kappa shape index (κ1) is 19.7. The number of hydrogen-bond donors (Lipinski definition) is 2. The van der Waals surface area contributed by atoms with E-state index in [1.807, 2.05) is 0 Å². The number of aromatic nitrogens is 2. The lowest BCUT2D eigenvalue weighted by Crippen LogP contribution is -2.17. The Bertz CT molecular complexity index is 1090. The van der Waals surface area contributed by atoms with E-state index in [9.17, 15) is 22.8 Å². The first-order valence-electron chi connectivity index (χ1n) is 8.04. The van der Waals surface area contributed by atoms with Crippen LogP contribution in [0.15, 0.2) is 36.5 Å². The van der Waals surface area contributed by atoms with E-state index >= 15 is 0 Å². The van der Waals surface area contributed by atoms with Crippen LogP contribution < -0.4 is 5.32 Å². The number of benzene rings is 1. The molecule has 2 aromatic heterocycles. The summed E-state index contributed by atoms with van der Waals surface area (Å²) >= 11 is 5.80. The number of alkyl halides is 3. The highest BCUT2D eigenvalue weighted by molar-refractivity contribution is 6.33. The van der Waals surface area contributed by atoms with Crippen LogP contribution >= 0.6 is 11.6 Å². The topological polar surface area (TPSA) is 83.7 Å². The van der Waals surface area contributed by atoms with E-state index in [2.05, 4.69) is 10.3 Å². The lowest BCUT2D eigenvalue weighted by atomic mass is 10.2. The first-order chi connectivity index (χ1) is 13.1. The summed E-state index contributed by atoms with van der Waals surface area (Å²) in [5.41, 5.74) is -0.561. The predicted octanol–water partition coefficient (Wildman–Crippen LogP) is 4.52. The molecule has 1 aromatic carbocycles. The van der Waals surface area contributed by atoms with Gasteiger partial charge in [0.15, 0.2) is 0 Å². The van der Waals surface area contributed by atoms with Crippen LogP contribution in [0.25, 0.3) is 5.65 Å². The molecule has 0 fully saturated rings. The summed E-state index contributed by atoms with van der Waals surface area (Å²) in [6.45, 7) is 1.72. The summed E-state index contributed by atoms with van der Waals surface area (Å²) in [6, 6.07) is 5.93. The second-order valence-corrected chi connectivity index (χ2v) is 6.27. The van der Waals surface area contributed by atoms with Crippen molar-refractivity contribution in [3.63, 3.8) is 0 Å². The highest BCUT2D eigenvalue weighted by atomic mass is 35.5. The number of aromatic carboxylic acids is 1. The van der Waals surface area contributed by atoms with Crippen LogP contribution in [0.4, 0.5) is 18.9 Å². The van der Waals surface area contributed by atoms with Crippen molar-refractivity contribution in [1.82, 2.24) is 9.38 Å².